The third-order valence-electron chi connectivity index (χ3n) is 1.75. The summed E-state index contributed by atoms with van der Waals surface area (Å²) < 4.78 is 13.9. The Balaban J connectivity index is 3.24. The lowest BCUT2D eigenvalue weighted by Gasteiger charge is -2.10. The predicted molar refractivity (Wildman–Crippen MR) is 58.9 cm³/mol. The lowest BCUT2D eigenvalue weighted by atomic mass is 10.1. The highest BCUT2D eigenvalue weighted by Gasteiger charge is 2.16. The zero-order chi connectivity index (χ0) is 10.7. The van der Waals surface area contributed by atoms with Crippen LogP contribution in [0.25, 0.3) is 0 Å². The van der Waals surface area contributed by atoms with Crippen molar-refractivity contribution in [3.05, 3.63) is 45.2 Å². The van der Waals surface area contributed by atoms with E-state index in [0.29, 0.717) is 4.47 Å². The second-order valence-corrected chi connectivity index (χ2v) is 3.96. The largest absolute Gasteiger partial charge is 0.384 e. The zero-order valence-corrected chi connectivity index (χ0v) is 9.81. The molecule has 1 rings (SSSR count). The minimum Gasteiger partial charge on any atom is -0.384 e. The Morgan fingerprint density at radius 3 is 2.79 bits per heavy atom. The Labute approximate surface area is 95.3 Å². The summed E-state index contributed by atoms with van der Waals surface area (Å²) in [5.74, 6) is -0.510. The van der Waals surface area contributed by atoms with Crippen molar-refractivity contribution in [1.82, 2.24) is 0 Å². The molecule has 0 spiro atoms. The molecule has 1 unspecified atom stereocenters. The summed E-state index contributed by atoms with van der Waals surface area (Å²) in [6.45, 7) is 1.74. The maximum atomic E-state index is 13.3. The molecule has 0 saturated carbocycles. The molecular formula is C10H9BrClFO. The monoisotopic (exact) mass is 278 g/mol. The molecule has 0 fully saturated rings. The first kappa shape index (κ1) is 11.7. The maximum Gasteiger partial charge on any atom is 0.130 e. The number of aliphatic hydroxyl groups excluding tert-OH is 1. The van der Waals surface area contributed by atoms with Gasteiger partial charge in [0.25, 0.3) is 0 Å². The van der Waals surface area contributed by atoms with Gasteiger partial charge in [0.05, 0.1) is 5.02 Å². The predicted octanol–water partition coefficient (Wildman–Crippen LogP) is 3.85. The highest BCUT2D eigenvalue weighted by Crippen LogP contribution is 2.32. The van der Waals surface area contributed by atoms with Gasteiger partial charge in [-0.15, -0.1) is 0 Å². The van der Waals surface area contributed by atoms with E-state index in [1.54, 1.807) is 13.0 Å². The van der Waals surface area contributed by atoms with Crippen LogP contribution in [0.2, 0.25) is 5.02 Å². The smallest absolute Gasteiger partial charge is 0.130 e. The van der Waals surface area contributed by atoms with Gasteiger partial charge in [-0.2, -0.15) is 0 Å². The van der Waals surface area contributed by atoms with E-state index in [2.05, 4.69) is 15.9 Å². The molecule has 0 heterocycles. The van der Waals surface area contributed by atoms with Crippen LogP contribution in [0.4, 0.5) is 4.39 Å². The van der Waals surface area contributed by atoms with Crippen LogP contribution in [0.1, 0.15) is 18.6 Å². The Morgan fingerprint density at radius 2 is 2.21 bits per heavy atom. The van der Waals surface area contributed by atoms with E-state index in [1.807, 2.05) is 0 Å². The average molecular weight is 280 g/mol. The second kappa shape index (κ2) is 4.91. The Bertz CT molecular complexity index is 365. The molecule has 0 radical (unpaired) electrons. The minimum absolute atomic E-state index is 0.0964. The molecule has 0 aliphatic rings. The Morgan fingerprint density at radius 1 is 1.57 bits per heavy atom. The van der Waals surface area contributed by atoms with E-state index in [-0.39, 0.29) is 10.6 Å². The third-order valence-corrected chi connectivity index (χ3v) is 3.05. The third kappa shape index (κ3) is 2.35. The van der Waals surface area contributed by atoms with E-state index in [1.165, 1.54) is 18.2 Å². The van der Waals surface area contributed by atoms with Crippen LogP contribution in [0.5, 0.6) is 0 Å². The van der Waals surface area contributed by atoms with Gasteiger partial charge in [-0.25, -0.2) is 4.39 Å². The van der Waals surface area contributed by atoms with Crippen molar-refractivity contribution in [2.24, 2.45) is 0 Å². The highest BCUT2D eigenvalue weighted by molar-refractivity contribution is 9.10. The van der Waals surface area contributed by atoms with E-state index >= 15 is 0 Å². The molecule has 1 aromatic carbocycles. The van der Waals surface area contributed by atoms with Crippen molar-refractivity contribution in [3.63, 3.8) is 0 Å². The van der Waals surface area contributed by atoms with Crippen molar-refractivity contribution in [2.75, 3.05) is 0 Å². The number of hydrogen-bond acceptors (Lipinski definition) is 1. The van der Waals surface area contributed by atoms with E-state index in [0.717, 1.165) is 0 Å². The molecule has 4 heteroatoms. The molecule has 0 saturated heterocycles. The van der Waals surface area contributed by atoms with Gasteiger partial charge < -0.3 is 5.11 Å². The number of hydrogen-bond donors (Lipinski definition) is 1. The van der Waals surface area contributed by atoms with Crippen LogP contribution in [-0.4, -0.2) is 5.11 Å². The molecule has 1 atom stereocenters. The van der Waals surface area contributed by atoms with Crippen molar-refractivity contribution in [1.29, 1.82) is 0 Å². The van der Waals surface area contributed by atoms with E-state index in [4.69, 9.17) is 11.6 Å². The topological polar surface area (TPSA) is 20.2 Å². The summed E-state index contributed by atoms with van der Waals surface area (Å²) in [6, 6.07) is 2.77. The standard InChI is InChI=1S/C10H9BrClFO/c1-2-3-8(14)9-7(13)5-4-6(11)10(9)12/h2-5,8,14H,1H3/b3-2+. The van der Waals surface area contributed by atoms with Crippen LogP contribution in [0, 0.1) is 5.82 Å². The van der Waals surface area contributed by atoms with Gasteiger partial charge in [0.2, 0.25) is 0 Å². The van der Waals surface area contributed by atoms with Crippen LogP contribution >= 0.6 is 27.5 Å². The summed E-state index contributed by atoms with van der Waals surface area (Å²) in [5, 5.41) is 9.78. The molecule has 14 heavy (non-hydrogen) atoms. The Hall–Kier alpha value is -0.380. The number of halogens is 3. The molecular weight excluding hydrogens is 270 g/mol. The van der Waals surface area contributed by atoms with Gasteiger partial charge >= 0.3 is 0 Å². The molecule has 0 aliphatic carbocycles. The van der Waals surface area contributed by atoms with Crippen LogP contribution < -0.4 is 0 Å². The van der Waals surface area contributed by atoms with Crippen molar-refractivity contribution in [3.8, 4) is 0 Å². The molecule has 1 aromatic rings. The summed E-state index contributed by atoms with van der Waals surface area (Å²) >= 11 is 9.01. The first-order valence-electron chi connectivity index (χ1n) is 4.02. The van der Waals surface area contributed by atoms with Crippen molar-refractivity contribution < 1.29 is 9.50 Å². The molecule has 76 valence electrons. The fourth-order valence-corrected chi connectivity index (χ4v) is 1.70. The molecule has 0 aromatic heterocycles. The second-order valence-electron chi connectivity index (χ2n) is 2.73. The maximum absolute atomic E-state index is 13.3. The summed E-state index contributed by atoms with van der Waals surface area (Å²) in [6.07, 6.45) is 2.10. The molecule has 0 amide bonds. The molecule has 1 N–H and O–H groups in total. The van der Waals surface area contributed by atoms with E-state index < -0.39 is 11.9 Å². The highest BCUT2D eigenvalue weighted by atomic mass is 79.9. The first-order chi connectivity index (χ1) is 6.57. The van der Waals surface area contributed by atoms with Crippen LogP contribution in [-0.2, 0) is 0 Å². The molecule has 0 bridgehead atoms. The van der Waals surface area contributed by atoms with Gasteiger partial charge in [0.15, 0.2) is 0 Å². The lowest BCUT2D eigenvalue weighted by Crippen LogP contribution is -1.99. The summed E-state index contributed by atoms with van der Waals surface area (Å²) in [7, 11) is 0. The number of allylic oxidation sites excluding steroid dienone is 1. The number of benzene rings is 1. The SMILES string of the molecule is C/C=C/C(O)c1c(F)ccc(Br)c1Cl. The van der Waals surface area contributed by atoms with E-state index in [9.17, 15) is 9.50 Å². The van der Waals surface area contributed by atoms with Gasteiger partial charge in [-0.1, -0.05) is 23.8 Å². The number of rotatable bonds is 2. The Kier molecular flexibility index (Phi) is 4.11. The molecule has 1 nitrogen and oxygen atoms in total. The average Bonchev–Trinajstić information content (AvgIpc) is 2.13. The molecule has 0 aliphatic heterocycles. The van der Waals surface area contributed by atoms with Gasteiger partial charge in [-0.05, 0) is 35.0 Å². The number of aliphatic hydroxyl groups is 1. The lowest BCUT2D eigenvalue weighted by molar-refractivity contribution is 0.223. The van der Waals surface area contributed by atoms with Gasteiger partial charge in [0.1, 0.15) is 11.9 Å². The van der Waals surface area contributed by atoms with Crippen molar-refractivity contribution >= 4 is 27.5 Å². The fourth-order valence-electron chi connectivity index (χ4n) is 1.09. The van der Waals surface area contributed by atoms with Crippen molar-refractivity contribution in [2.45, 2.75) is 13.0 Å². The quantitative estimate of drug-likeness (QED) is 0.644. The first-order valence-corrected chi connectivity index (χ1v) is 5.19. The summed E-state index contributed by atoms with van der Waals surface area (Å²) in [4.78, 5) is 0. The van der Waals surface area contributed by atoms with Crippen LogP contribution in [0.3, 0.4) is 0 Å². The van der Waals surface area contributed by atoms with Crippen LogP contribution in [0.15, 0.2) is 28.8 Å². The van der Waals surface area contributed by atoms with Gasteiger partial charge in [0, 0.05) is 10.0 Å². The summed E-state index contributed by atoms with van der Waals surface area (Å²) in [5.41, 5.74) is 0.0964. The normalized spacial score (nSPS) is 13.5. The minimum atomic E-state index is -1.01. The fraction of sp³-hybridized carbons (Fsp3) is 0.200. The van der Waals surface area contributed by atoms with Gasteiger partial charge in [-0.3, -0.25) is 0 Å². The zero-order valence-electron chi connectivity index (χ0n) is 7.47.